The molecule has 2 rings (SSSR count). The molecule has 0 amide bonds. The number of allylic oxidation sites excluding steroid dienone is 2. The molecule has 3 nitrogen and oxygen atoms in total. The monoisotopic (exact) mass is 232 g/mol. The molecule has 3 heteroatoms. The van der Waals surface area contributed by atoms with Gasteiger partial charge in [-0.2, -0.15) is 0 Å². The summed E-state index contributed by atoms with van der Waals surface area (Å²) in [5.41, 5.74) is 3.53. The quantitative estimate of drug-likeness (QED) is 0.868. The van der Waals surface area contributed by atoms with Gasteiger partial charge in [0.15, 0.2) is 0 Å². The molecule has 0 bridgehead atoms. The summed E-state index contributed by atoms with van der Waals surface area (Å²) in [4.78, 5) is 10.7. The zero-order valence-electron chi connectivity index (χ0n) is 10.1. The van der Waals surface area contributed by atoms with Crippen LogP contribution in [0.3, 0.4) is 0 Å². The van der Waals surface area contributed by atoms with E-state index in [4.69, 9.17) is 9.84 Å². The van der Waals surface area contributed by atoms with Crippen molar-refractivity contribution in [1.82, 2.24) is 0 Å². The maximum atomic E-state index is 10.7. The molecular formula is C14H16O3. The minimum atomic E-state index is -0.750. The fourth-order valence-corrected chi connectivity index (χ4v) is 2.32. The predicted octanol–water partition coefficient (Wildman–Crippen LogP) is 2.75. The predicted molar refractivity (Wildman–Crippen MR) is 66.1 cm³/mol. The van der Waals surface area contributed by atoms with Gasteiger partial charge in [0, 0.05) is 0 Å². The number of fused-ring (bicyclic) bond motifs is 1. The van der Waals surface area contributed by atoms with E-state index in [1.165, 1.54) is 11.1 Å². The van der Waals surface area contributed by atoms with Crippen LogP contribution in [0.4, 0.5) is 0 Å². The first kappa shape index (κ1) is 11.7. The summed E-state index contributed by atoms with van der Waals surface area (Å²) in [6.45, 7) is 1.96. The number of hydrogen-bond acceptors (Lipinski definition) is 2. The molecule has 17 heavy (non-hydrogen) atoms. The van der Waals surface area contributed by atoms with Crippen LogP contribution in [0.1, 0.15) is 24.5 Å². The number of ether oxygens (including phenoxy) is 1. The van der Waals surface area contributed by atoms with Gasteiger partial charge in [-0.1, -0.05) is 19.1 Å². The molecule has 90 valence electrons. The van der Waals surface area contributed by atoms with E-state index >= 15 is 0 Å². The average Bonchev–Trinajstić information content (AvgIpc) is 2.70. The molecule has 0 saturated carbocycles. The molecule has 0 radical (unpaired) electrons. The lowest BCUT2D eigenvalue weighted by Crippen LogP contribution is -2.05. The molecular weight excluding hydrogens is 216 g/mol. The van der Waals surface area contributed by atoms with E-state index in [0.717, 1.165) is 17.7 Å². The van der Waals surface area contributed by atoms with E-state index in [2.05, 4.69) is 6.08 Å². The van der Waals surface area contributed by atoms with E-state index in [1.807, 2.05) is 25.1 Å². The number of methoxy groups -OCH3 is 1. The molecule has 1 unspecified atom stereocenters. The SMILES string of the molecule is COc1ccc2c(c1)CC=C2C(C)CC(=O)O. The second-order valence-electron chi connectivity index (χ2n) is 4.39. The van der Waals surface area contributed by atoms with Crippen molar-refractivity contribution in [2.75, 3.05) is 7.11 Å². The number of carbonyl (C=O) groups is 1. The highest BCUT2D eigenvalue weighted by atomic mass is 16.5. The first-order valence-corrected chi connectivity index (χ1v) is 5.71. The molecule has 1 aliphatic carbocycles. The highest BCUT2D eigenvalue weighted by Gasteiger charge is 2.21. The van der Waals surface area contributed by atoms with Crippen LogP contribution in [0, 0.1) is 5.92 Å². The fraction of sp³-hybridized carbons (Fsp3) is 0.357. The average molecular weight is 232 g/mol. The third-order valence-electron chi connectivity index (χ3n) is 3.18. The largest absolute Gasteiger partial charge is 0.497 e. The Morgan fingerprint density at radius 3 is 2.94 bits per heavy atom. The molecule has 0 heterocycles. The van der Waals surface area contributed by atoms with Gasteiger partial charge in [0.05, 0.1) is 13.5 Å². The molecule has 0 saturated heterocycles. The number of carboxylic acid groups (broad SMARTS) is 1. The first-order valence-electron chi connectivity index (χ1n) is 5.71. The van der Waals surface area contributed by atoms with Gasteiger partial charge in [0.25, 0.3) is 0 Å². The zero-order valence-corrected chi connectivity index (χ0v) is 10.1. The van der Waals surface area contributed by atoms with Gasteiger partial charge in [-0.25, -0.2) is 0 Å². The van der Waals surface area contributed by atoms with E-state index in [9.17, 15) is 4.79 Å². The van der Waals surface area contributed by atoms with Gasteiger partial charge < -0.3 is 9.84 Å². The maximum Gasteiger partial charge on any atom is 0.303 e. The van der Waals surface area contributed by atoms with Crippen LogP contribution in [0.25, 0.3) is 5.57 Å². The number of carboxylic acids is 1. The Balaban J connectivity index is 2.23. The number of aliphatic carboxylic acids is 1. The van der Waals surface area contributed by atoms with Crippen LogP contribution >= 0.6 is 0 Å². The summed E-state index contributed by atoms with van der Waals surface area (Å²) in [7, 11) is 1.65. The van der Waals surface area contributed by atoms with Crippen molar-refractivity contribution in [3.8, 4) is 5.75 Å². The van der Waals surface area contributed by atoms with Crippen LogP contribution in [0.2, 0.25) is 0 Å². The molecule has 0 aromatic heterocycles. The van der Waals surface area contributed by atoms with Crippen molar-refractivity contribution in [3.05, 3.63) is 35.4 Å². The van der Waals surface area contributed by atoms with Crippen molar-refractivity contribution in [1.29, 1.82) is 0 Å². The smallest absolute Gasteiger partial charge is 0.303 e. The van der Waals surface area contributed by atoms with Crippen molar-refractivity contribution in [2.45, 2.75) is 19.8 Å². The Morgan fingerprint density at radius 2 is 2.29 bits per heavy atom. The van der Waals surface area contributed by atoms with Gasteiger partial charge >= 0.3 is 5.97 Å². The normalized spacial score (nSPS) is 15.1. The van der Waals surface area contributed by atoms with Crippen molar-refractivity contribution in [3.63, 3.8) is 0 Å². The van der Waals surface area contributed by atoms with Gasteiger partial charge in [0.1, 0.15) is 5.75 Å². The second-order valence-corrected chi connectivity index (χ2v) is 4.39. The van der Waals surface area contributed by atoms with E-state index in [1.54, 1.807) is 7.11 Å². The highest BCUT2D eigenvalue weighted by Crippen LogP contribution is 2.35. The minimum absolute atomic E-state index is 0.0575. The van der Waals surface area contributed by atoms with Crippen molar-refractivity contribution in [2.24, 2.45) is 5.92 Å². The summed E-state index contributed by atoms with van der Waals surface area (Å²) < 4.78 is 5.18. The van der Waals surface area contributed by atoms with Crippen molar-refractivity contribution >= 4 is 11.5 Å². The molecule has 0 spiro atoms. The first-order chi connectivity index (χ1) is 8.11. The Labute approximate surface area is 101 Å². The molecule has 1 aromatic rings. The van der Waals surface area contributed by atoms with Gasteiger partial charge in [-0.3, -0.25) is 4.79 Å². The van der Waals surface area contributed by atoms with Crippen LogP contribution in [0.15, 0.2) is 24.3 Å². The van der Waals surface area contributed by atoms with E-state index < -0.39 is 5.97 Å². The van der Waals surface area contributed by atoms with Crippen LogP contribution in [-0.2, 0) is 11.2 Å². The topological polar surface area (TPSA) is 46.5 Å². The molecule has 0 fully saturated rings. The highest BCUT2D eigenvalue weighted by molar-refractivity contribution is 5.78. The van der Waals surface area contributed by atoms with Gasteiger partial charge in [0.2, 0.25) is 0 Å². The lowest BCUT2D eigenvalue weighted by atomic mass is 9.93. The lowest BCUT2D eigenvalue weighted by Gasteiger charge is -2.13. The summed E-state index contributed by atoms with van der Waals surface area (Å²) in [5.74, 6) is 0.159. The molecule has 1 N–H and O–H groups in total. The van der Waals surface area contributed by atoms with Crippen LogP contribution in [-0.4, -0.2) is 18.2 Å². The van der Waals surface area contributed by atoms with Crippen molar-refractivity contribution < 1.29 is 14.6 Å². The molecule has 1 aliphatic rings. The van der Waals surface area contributed by atoms with E-state index in [-0.39, 0.29) is 12.3 Å². The molecule has 1 aromatic carbocycles. The molecule has 0 aliphatic heterocycles. The number of benzene rings is 1. The maximum absolute atomic E-state index is 10.7. The number of rotatable bonds is 4. The Hall–Kier alpha value is -1.77. The third-order valence-corrected chi connectivity index (χ3v) is 3.18. The van der Waals surface area contributed by atoms with E-state index in [0.29, 0.717) is 0 Å². The Kier molecular flexibility index (Phi) is 3.18. The fourth-order valence-electron chi connectivity index (χ4n) is 2.32. The summed E-state index contributed by atoms with van der Waals surface area (Å²) in [5, 5.41) is 8.83. The van der Waals surface area contributed by atoms with Gasteiger partial charge in [-0.15, -0.1) is 0 Å². The Morgan fingerprint density at radius 1 is 1.53 bits per heavy atom. The summed E-state index contributed by atoms with van der Waals surface area (Å²) in [6.07, 6.45) is 3.17. The van der Waals surface area contributed by atoms with Gasteiger partial charge in [-0.05, 0) is 41.2 Å². The standard InChI is InChI=1S/C14H16O3/c1-9(7-14(15)16)12-5-3-10-8-11(17-2)4-6-13(10)12/h4-6,8-9H,3,7H2,1-2H3,(H,15,16). The third kappa shape index (κ3) is 2.33. The van der Waals surface area contributed by atoms with Crippen LogP contribution in [0.5, 0.6) is 5.75 Å². The summed E-state index contributed by atoms with van der Waals surface area (Å²) >= 11 is 0. The second kappa shape index (κ2) is 4.62. The molecule has 1 atom stereocenters. The Bertz CT molecular complexity index is 474. The lowest BCUT2D eigenvalue weighted by molar-refractivity contribution is -0.137. The number of hydrogen-bond donors (Lipinski definition) is 1. The minimum Gasteiger partial charge on any atom is -0.497 e. The van der Waals surface area contributed by atoms with Crippen LogP contribution < -0.4 is 4.74 Å². The zero-order chi connectivity index (χ0) is 12.4. The summed E-state index contributed by atoms with van der Waals surface area (Å²) in [6, 6.07) is 5.96.